The summed E-state index contributed by atoms with van der Waals surface area (Å²) in [4.78, 5) is 0. The lowest BCUT2D eigenvalue weighted by Gasteiger charge is -2.19. The smallest absolute Gasteiger partial charge is 0.167 e. The molecule has 2 aromatic rings. The number of methoxy groups -OCH3 is 3. The van der Waals surface area contributed by atoms with E-state index in [2.05, 4.69) is 27.3 Å². The third-order valence-corrected chi connectivity index (χ3v) is 4.82. The van der Waals surface area contributed by atoms with Gasteiger partial charge in [0, 0.05) is 16.6 Å². The molecule has 0 spiro atoms. The van der Waals surface area contributed by atoms with Crippen LogP contribution in [0.4, 0.5) is 0 Å². The number of rotatable bonds is 10. The van der Waals surface area contributed by atoms with E-state index in [0.29, 0.717) is 6.54 Å². The fourth-order valence-electron chi connectivity index (χ4n) is 2.75. The van der Waals surface area contributed by atoms with E-state index in [4.69, 9.17) is 18.9 Å². The number of benzene rings is 2. The van der Waals surface area contributed by atoms with Crippen molar-refractivity contribution >= 4 is 15.9 Å². The van der Waals surface area contributed by atoms with Gasteiger partial charge in [-0.05, 0) is 56.6 Å². The molecule has 0 aliphatic rings. The minimum absolute atomic E-state index is 0.0683. The van der Waals surface area contributed by atoms with E-state index < -0.39 is 0 Å². The number of halogens is 1. The fraction of sp³-hybridized carbons (Fsp3) is 0.429. The van der Waals surface area contributed by atoms with Crippen molar-refractivity contribution in [2.45, 2.75) is 32.9 Å². The first-order valence-corrected chi connectivity index (χ1v) is 9.73. The van der Waals surface area contributed by atoms with Crippen LogP contribution in [0, 0.1) is 0 Å². The Morgan fingerprint density at radius 2 is 1.59 bits per heavy atom. The largest absolute Gasteiger partial charge is 0.493 e. The summed E-state index contributed by atoms with van der Waals surface area (Å²) in [5.41, 5.74) is 2.24. The van der Waals surface area contributed by atoms with Crippen LogP contribution in [0.2, 0.25) is 0 Å². The third kappa shape index (κ3) is 5.78. The summed E-state index contributed by atoms with van der Waals surface area (Å²) in [6.45, 7) is 5.51. The monoisotopic (exact) mass is 437 g/mol. The first-order chi connectivity index (χ1) is 13.0. The van der Waals surface area contributed by atoms with Crippen molar-refractivity contribution in [1.82, 2.24) is 5.32 Å². The van der Waals surface area contributed by atoms with Crippen LogP contribution in [0.15, 0.2) is 34.8 Å². The van der Waals surface area contributed by atoms with E-state index in [1.54, 1.807) is 21.3 Å². The van der Waals surface area contributed by atoms with Gasteiger partial charge in [0.15, 0.2) is 23.0 Å². The molecule has 0 fully saturated rings. The highest BCUT2D eigenvalue weighted by Gasteiger charge is 2.15. The summed E-state index contributed by atoms with van der Waals surface area (Å²) in [6.07, 6.45) is 0.946. The van der Waals surface area contributed by atoms with Crippen LogP contribution in [0.3, 0.4) is 0 Å². The molecule has 0 heterocycles. The van der Waals surface area contributed by atoms with Crippen LogP contribution >= 0.6 is 15.9 Å². The molecule has 6 heteroatoms. The molecule has 2 rings (SSSR count). The van der Waals surface area contributed by atoms with Gasteiger partial charge >= 0.3 is 0 Å². The normalized spacial score (nSPS) is 10.8. The summed E-state index contributed by atoms with van der Waals surface area (Å²) < 4.78 is 23.1. The Morgan fingerprint density at radius 3 is 2.22 bits per heavy atom. The lowest BCUT2D eigenvalue weighted by Crippen LogP contribution is -2.19. The number of hydrogen-bond donors (Lipinski definition) is 1. The van der Waals surface area contributed by atoms with E-state index in [0.717, 1.165) is 46.0 Å². The second-order valence-electron chi connectivity index (χ2n) is 6.34. The van der Waals surface area contributed by atoms with E-state index in [1.165, 1.54) is 5.56 Å². The Morgan fingerprint density at radius 1 is 0.926 bits per heavy atom. The summed E-state index contributed by atoms with van der Waals surface area (Å²) in [7, 11) is 4.95. The summed E-state index contributed by atoms with van der Waals surface area (Å²) in [6, 6.07) is 9.89. The van der Waals surface area contributed by atoms with Gasteiger partial charge in [-0.25, -0.2) is 0 Å². The Bertz CT molecular complexity index is 749. The molecule has 0 aliphatic heterocycles. The first kappa shape index (κ1) is 21.4. The molecule has 5 nitrogen and oxygen atoms in total. The molecule has 0 bridgehead atoms. The highest BCUT2D eigenvalue weighted by atomic mass is 79.9. The summed E-state index contributed by atoms with van der Waals surface area (Å²) in [5, 5.41) is 3.48. The van der Waals surface area contributed by atoms with Crippen molar-refractivity contribution in [3.63, 3.8) is 0 Å². The van der Waals surface area contributed by atoms with Gasteiger partial charge in [-0.2, -0.15) is 0 Å². The lowest BCUT2D eigenvalue weighted by atomic mass is 10.1. The molecule has 0 atom stereocenters. The fourth-order valence-corrected chi connectivity index (χ4v) is 3.21. The van der Waals surface area contributed by atoms with Crippen LogP contribution in [0.1, 0.15) is 25.0 Å². The predicted octanol–water partition coefficient (Wildman–Crippen LogP) is 4.59. The van der Waals surface area contributed by atoms with Crippen LogP contribution < -0.4 is 24.3 Å². The molecule has 148 valence electrons. The molecule has 0 saturated heterocycles. The third-order valence-electron chi connectivity index (χ3n) is 4.08. The van der Waals surface area contributed by atoms with Gasteiger partial charge in [0.1, 0.15) is 0 Å². The maximum Gasteiger partial charge on any atom is 0.167 e. The standard InChI is InChI=1S/C21H28BrNO4/c1-14(2)27-21-16(17(22)7-9-19(21)25-4)13-23-11-10-15-6-8-18(24-3)20(12-15)26-5/h6-9,12,14,23H,10-11,13H2,1-5H3. The zero-order valence-electron chi connectivity index (χ0n) is 16.6. The number of hydrogen-bond acceptors (Lipinski definition) is 5. The predicted molar refractivity (Wildman–Crippen MR) is 111 cm³/mol. The van der Waals surface area contributed by atoms with Crippen LogP contribution in [0.25, 0.3) is 0 Å². The minimum atomic E-state index is 0.0683. The summed E-state index contributed by atoms with van der Waals surface area (Å²) >= 11 is 3.63. The molecule has 0 saturated carbocycles. The molecule has 0 aliphatic carbocycles. The van der Waals surface area contributed by atoms with Crippen molar-refractivity contribution < 1.29 is 18.9 Å². The first-order valence-electron chi connectivity index (χ1n) is 8.93. The van der Waals surface area contributed by atoms with Gasteiger partial charge in [-0.1, -0.05) is 22.0 Å². The SMILES string of the molecule is COc1ccc(CCNCc2c(Br)ccc(OC)c2OC(C)C)cc1OC. The second kappa shape index (κ2) is 10.4. The highest BCUT2D eigenvalue weighted by molar-refractivity contribution is 9.10. The number of ether oxygens (including phenoxy) is 4. The Labute approximate surface area is 170 Å². The molecule has 0 amide bonds. The molecule has 2 aromatic carbocycles. The molecular weight excluding hydrogens is 410 g/mol. The van der Waals surface area contributed by atoms with Crippen LogP contribution in [-0.4, -0.2) is 34.0 Å². The van der Waals surface area contributed by atoms with E-state index in [-0.39, 0.29) is 6.10 Å². The quantitative estimate of drug-likeness (QED) is 0.550. The molecule has 1 N–H and O–H groups in total. The van der Waals surface area contributed by atoms with Crippen LogP contribution in [-0.2, 0) is 13.0 Å². The maximum atomic E-state index is 5.99. The number of nitrogens with one attached hydrogen (secondary N) is 1. The zero-order chi connectivity index (χ0) is 19.8. The van der Waals surface area contributed by atoms with Gasteiger partial charge in [-0.3, -0.25) is 0 Å². The van der Waals surface area contributed by atoms with Gasteiger partial charge in [0.05, 0.1) is 27.4 Å². The lowest BCUT2D eigenvalue weighted by molar-refractivity contribution is 0.227. The van der Waals surface area contributed by atoms with Gasteiger partial charge in [0.25, 0.3) is 0 Å². The molecule has 0 unspecified atom stereocenters. The van der Waals surface area contributed by atoms with Gasteiger partial charge in [0.2, 0.25) is 0 Å². The average Bonchev–Trinajstić information content (AvgIpc) is 2.66. The van der Waals surface area contributed by atoms with Crippen molar-refractivity contribution in [2.75, 3.05) is 27.9 Å². The molecule has 0 aromatic heterocycles. The Balaban J connectivity index is 2.03. The maximum absolute atomic E-state index is 5.99. The topological polar surface area (TPSA) is 49.0 Å². The average molecular weight is 438 g/mol. The molecule has 0 radical (unpaired) electrons. The van der Waals surface area contributed by atoms with Gasteiger partial charge in [-0.15, -0.1) is 0 Å². The van der Waals surface area contributed by atoms with Crippen molar-refractivity contribution in [2.24, 2.45) is 0 Å². The molecular formula is C21H28BrNO4. The Kier molecular flexibility index (Phi) is 8.25. The molecule has 27 heavy (non-hydrogen) atoms. The van der Waals surface area contributed by atoms with Crippen molar-refractivity contribution in [3.8, 4) is 23.0 Å². The van der Waals surface area contributed by atoms with Crippen molar-refractivity contribution in [1.29, 1.82) is 0 Å². The minimum Gasteiger partial charge on any atom is -0.493 e. The van der Waals surface area contributed by atoms with E-state index in [1.807, 2.05) is 38.1 Å². The van der Waals surface area contributed by atoms with E-state index in [9.17, 15) is 0 Å². The summed E-state index contributed by atoms with van der Waals surface area (Å²) in [5.74, 6) is 3.01. The van der Waals surface area contributed by atoms with Gasteiger partial charge < -0.3 is 24.3 Å². The Hall–Kier alpha value is -1.92. The second-order valence-corrected chi connectivity index (χ2v) is 7.19. The zero-order valence-corrected chi connectivity index (χ0v) is 18.2. The van der Waals surface area contributed by atoms with Crippen molar-refractivity contribution in [3.05, 3.63) is 45.9 Å². The van der Waals surface area contributed by atoms with Crippen LogP contribution in [0.5, 0.6) is 23.0 Å². The van der Waals surface area contributed by atoms with E-state index >= 15 is 0 Å². The highest BCUT2D eigenvalue weighted by Crippen LogP contribution is 2.37.